The highest BCUT2D eigenvalue weighted by atomic mass is 16.5. The van der Waals surface area contributed by atoms with Crippen LogP contribution in [-0.4, -0.2) is 12.6 Å². The number of carbonyl (C=O) groups excluding carboxylic acids is 1. The molecule has 0 saturated carbocycles. The molecular formula is C10H14O2. The smallest absolute Gasteiger partial charge is 0.334 e. The lowest BCUT2D eigenvalue weighted by Gasteiger charge is -1.95. The molecule has 0 fully saturated rings. The molecule has 2 nitrogen and oxygen atoms in total. The molecule has 1 rings (SSSR count). The average molecular weight is 166 g/mol. The number of allylic oxidation sites excluding steroid dienone is 2. The van der Waals surface area contributed by atoms with Crippen molar-refractivity contribution in [1.29, 1.82) is 0 Å². The predicted molar refractivity (Wildman–Crippen MR) is 47.7 cm³/mol. The molecule has 0 aliphatic carbocycles. The van der Waals surface area contributed by atoms with Crippen molar-refractivity contribution >= 4 is 5.97 Å². The Morgan fingerprint density at radius 3 is 2.92 bits per heavy atom. The van der Waals surface area contributed by atoms with Crippen LogP contribution in [0.2, 0.25) is 0 Å². The lowest BCUT2D eigenvalue weighted by Crippen LogP contribution is -1.98. The lowest BCUT2D eigenvalue weighted by molar-refractivity contribution is -0.136. The number of carbonyl (C=O) groups is 1. The van der Waals surface area contributed by atoms with E-state index in [0.717, 1.165) is 18.4 Å². The summed E-state index contributed by atoms with van der Waals surface area (Å²) >= 11 is 0. The van der Waals surface area contributed by atoms with Gasteiger partial charge in [-0.25, -0.2) is 4.79 Å². The summed E-state index contributed by atoms with van der Waals surface area (Å²) < 4.78 is 4.77. The molecule has 0 atom stereocenters. The first-order valence-electron chi connectivity index (χ1n) is 4.19. The third-order valence-electron chi connectivity index (χ3n) is 1.77. The topological polar surface area (TPSA) is 26.3 Å². The largest absolute Gasteiger partial charge is 0.458 e. The van der Waals surface area contributed by atoms with Crippen LogP contribution in [0.15, 0.2) is 23.3 Å². The predicted octanol–water partition coefficient (Wildman–Crippen LogP) is 2.22. The van der Waals surface area contributed by atoms with E-state index in [1.54, 1.807) is 0 Å². The highest BCUT2D eigenvalue weighted by Crippen LogP contribution is 2.13. The molecule has 0 amide bonds. The van der Waals surface area contributed by atoms with Gasteiger partial charge >= 0.3 is 5.97 Å². The zero-order valence-corrected chi connectivity index (χ0v) is 7.59. The minimum Gasteiger partial charge on any atom is -0.458 e. The van der Waals surface area contributed by atoms with Gasteiger partial charge in [-0.3, -0.25) is 0 Å². The minimum atomic E-state index is -0.142. The van der Waals surface area contributed by atoms with Crippen LogP contribution in [0.4, 0.5) is 0 Å². The Kier molecular flexibility index (Phi) is 3.09. The van der Waals surface area contributed by atoms with Crippen molar-refractivity contribution in [3.63, 3.8) is 0 Å². The molecule has 2 heteroatoms. The lowest BCUT2D eigenvalue weighted by atomic mass is 10.1. The Balaban J connectivity index is 2.33. The summed E-state index contributed by atoms with van der Waals surface area (Å²) in [5.74, 6) is -0.142. The highest BCUT2D eigenvalue weighted by molar-refractivity contribution is 5.90. The second kappa shape index (κ2) is 4.10. The number of esters is 1. The molecule has 0 aromatic rings. The quantitative estimate of drug-likeness (QED) is 0.474. The second-order valence-electron chi connectivity index (χ2n) is 3.15. The SMILES string of the molecule is CC(C)=CCCC1=CCOC1=O. The van der Waals surface area contributed by atoms with E-state index in [-0.39, 0.29) is 5.97 Å². The van der Waals surface area contributed by atoms with Gasteiger partial charge in [0.1, 0.15) is 6.61 Å². The van der Waals surface area contributed by atoms with Gasteiger partial charge in [-0.2, -0.15) is 0 Å². The molecule has 0 bridgehead atoms. The van der Waals surface area contributed by atoms with Crippen LogP contribution in [0.25, 0.3) is 0 Å². The number of ether oxygens (including phenoxy) is 1. The summed E-state index contributed by atoms with van der Waals surface area (Å²) in [7, 11) is 0. The number of hydrogen-bond acceptors (Lipinski definition) is 2. The van der Waals surface area contributed by atoms with Crippen molar-refractivity contribution in [2.75, 3.05) is 6.61 Å². The first kappa shape index (κ1) is 9.04. The van der Waals surface area contributed by atoms with Crippen LogP contribution >= 0.6 is 0 Å². The second-order valence-corrected chi connectivity index (χ2v) is 3.15. The third kappa shape index (κ3) is 2.53. The Hall–Kier alpha value is -1.05. The fraction of sp³-hybridized carbons (Fsp3) is 0.500. The fourth-order valence-corrected chi connectivity index (χ4v) is 1.11. The van der Waals surface area contributed by atoms with E-state index in [1.807, 2.05) is 6.08 Å². The van der Waals surface area contributed by atoms with Gasteiger partial charge in [-0.1, -0.05) is 11.6 Å². The van der Waals surface area contributed by atoms with E-state index in [4.69, 9.17) is 4.74 Å². The van der Waals surface area contributed by atoms with Gasteiger partial charge in [-0.15, -0.1) is 0 Å². The van der Waals surface area contributed by atoms with Crippen molar-refractivity contribution < 1.29 is 9.53 Å². The van der Waals surface area contributed by atoms with E-state index < -0.39 is 0 Å². The summed E-state index contributed by atoms with van der Waals surface area (Å²) in [6.45, 7) is 4.58. The molecule has 0 aromatic heterocycles. The van der Waals surface area contributed by atoms with Gasteiger partial charge in [0.25, 0.3) is 0 Å². The zero-order valence-electron chi connectivity index (χ0n) is 7.59. The normalized spacial score (nSPS) is 15.5. The molecule has 1 aliphatic heterocycles. The molecule has 0 unspecified atom stereocenters. The van der Waals surface area contributed by atoms with Crippen LogP contribution in [0.1, 0.15) is 26.7 Å². The van der Waals surface area contributed by atoms with Crippen LogP contribution < -0.4 is 0 Å². The van der Waals surface area contributed by atoms with E-state index in [9.17, 15) is 4.79 Å². The standard InChI is InChI=1S/C10H14O2/c1-8(2)4-3-5-9-6-7-12-10(9)11/h4,6H,3,5,7H2,1-2H3. The third-order valence-corrected chi connectivity index (χ3v) is 1.77. The summed E-state index contributed by atoms with van der Waals surface area (Å²) in [4.78, 5) is 10.9. The van der Waals surface area contributed by atoms with Crippen LogP contribution in [0, 0.1) is 0 Å². The average Bonchev–Trinajstić information content (AvgIpc) is 2.36. The number of cyclic esters (lactones) is 1. The van der Waals surface area contributed by atoms with E-state index in [0.29, 0.717) is 6.61 Å². The maximum Gasteiger partial charge on any atom is 0.334 e. The molecule has 1 heterocycles. The van der Waals surface area contributed by atoms with Gasteiger partial charge in [0.05, 0.1) is 0 Å². The monoisotopic (exact) mass is 166 g/mol. The van der Waals surface area contributed by atoms with Crippen molar-refractivity contribution in [2.24, 2.45) is 0 Å². The summed E-state index contributed by atoms with van der Waals surface area (Å²) in [5, 5.41) is 0. The van der Waals surface area contributed by atoms with Gasteiger partial charge in [0, 0.05) is 5.57 Å². The first-order valence-corrected chi connectivity index (χ1v) is 4.19. The molecule has 0 radical (unpaired) electrons. The molecular weight excluding hydrogens is 152 g/mol. The maximum absolute atomic E-state index is 10.9. The molecule has 0 aromatic carbocycles. The maximum atomic E-state index is 10.9. The highest BCUT2D eigenvalue weighted by Gasteiger charge is 2.14. The summed E-state index contributed by atoms with van der Waals surface area (Å²) in [6.07, 6.45) is 5.74. The van der Waals surface area contributed by atoms with Crippen molar-refractivity contribution in [1.82, 2.24) is 0 Å². The Bertz CT molecular complexity index is 232. The van der Waals surface area contributed by atoms with Gasteiger partial charge < -0.3 is 4.74 Å². The van der Waals surface area contributed by atoms with E-state index >= 15 is 0 Å². The Morgan fingerprint density at radius 2 is 2.42 bits per heavy atom. The molecule has 1 aliphatic rings. The van der Waals surface area contributed by atoms with Crippen LogP contribution in [0.3, 0.4) is 0 Å². The number of rotatable bonds is 3. The molecule has 0 saturated heterocycles. The van der Waals surface area contributed by atoms with Gasteiger partial charge in [-0.05, 0) is 32.8 Å². The number of hydrogen-bond donors (Lipinski definition) is 0. The van der Waals surface area contributed by atoms with Gasteiger partial charge in [0.15, 0.2) is 0 Å². The fourth-order valence-electron chi connectivity index (χ4n) is 1.11. The molecule has 0 N–H and O–H groups in total. The minimum absolute atomic E-state index is 0.142. The van der Waals surface area contributed by atoms with Crippen LogP contribution in [0.5, 0.6) is 0 Å². The van der Waals surface area contributed by atoms with Gasteiger partial charge in [0.2, 0.25) is 0 Å². The van der Waals surface area contributed by atoms with Crippen molar-refractivity contribution in [3.8, 4) is 0 Å². The zero-order chi connectivity index (χ0) is 8.97. The first-order chi connectivity index (χ1) is 5.70. The van der Waals surface area contributed by atoms with Crippen molar-refractivity contribution in [2.45, 2.75) is 26.7 Å². The molecule has 66 valence electrons. The summed E-state index contributed by atoms with van der Waals surface area (Å²) in [5.41, 5.74) is 2.12. The van der Waals surface area contributed by atoms with E-state index in [1.165, 1.54) is 5.57 Å². The van der Waals surface area contributed by atoms with E-state index in [2.05, 4.69) is 19.9 Å². The Morgan fingerprint density at radius 1 is 1.67 bits per heavy atom. The summed E-state index contributed by atoms with van der Waals surface area (Å²) in [6, 6.07) is 0. The van der Waals surface area contributed by atoms with Crippen LogP contribution in [-0.2, 0) is 9.53 Å². The molecule has 0 spiro atoms. The van der Waals surface area contributed by atoms with Crippen molar-refractivity contribution in [3.05, 3.63) is 23.3 Å². The Labute approximate surface area is 72.9 Å². The molecule has 12 heavy (non-hydrogen) atoms.